The molecule has 0 saturated carbocycles. The molecule has 0 heterocycles. The van der Waals surface area contributed by atoms with Crippen LogP contribution in [0.4, 0.5) is 48.3 Å². The van der Waals surface area contributed by atoms with Crippen molar-refractivity contribution in [3.05, 3.63) is 0 Å². The Bertz CT molecular complexity index is 465. The lowest BCUT2D eigenvalue weighted by Crippen LogP contribution is -2.58. The number of methoxy groups -OCH3 is 1. The number of halogens is 11. The lowest BCUT2D eigenvalue weighted by Gasteiger charge is -2.34. The summed E-state index contributed by atoms with van der Waals surface area (Å²) in [5.74, 6) is -7.12. The van der Waals surface area contributed by atoms with Crippen LogP contribution in [0.1, 0.15) is 0 Å². The maximum atomic E-state index is 13.7. The molecule has 0 bridgehead atoms. The molecule has 0 aliphatic carbocycles. The lowest BCUT2D eigenvalue weighted by molar-refractivity contribution is -0.464. The molecule has 0 aliphatic rings. The van der Waals surface area contributed by atoms with Gasteiger partial charge in [-0.25, -0.2) is 0 Å². The molecule has 1 atom stereocenters. The van der Waals surface area contributed by atoms with E-state index in [1.807, 2.05) is 0 Å². The number of thioether (sulfide) groups is 1. The van der Waals surface area contributed by atoms with E-state index in [1.165, 1.54) is 0 Å². The van der Waals surface area contributed by atoms with Crippen LogP contribution in [0.3, 0.4) is 0 Å². The molecule has 0 fully saturated rings. The minimum absolute atomic E-state index is 0.296. The van der Waals surface area contributed by atoms with Crippen LogP contribution in [0.5, 0.6) is 0 Å². The zero-order valence-corrected chi connectivity index (χ0v) is 13.2. The van der Waals surface area contributed by atoms with E-state index < -0.39 is 52.3 Å². The van der Waals surface area contributed by atoms with E-state index >= 15 is 0 Å². The van der Waals surface area contributed by atoms with Gasteiger partial charge in [-0.2, -0.15) is 48.3 Å². The van der Waals surface area contributed by atoms with Crippen LogP contribution in [0.2, 0.25) is 0 Å². The Morgan fingerprint density at radius 2 is 1.32 bits per heavy atom. The topological polar surface area (TPSA) is 27.7 Å². The largest absolute Gasteiger partial charge is 0.476 e. The molecule has 150 valence electrons. The third kappa shape index (κ3) is 5.96. The molecule has 16 heteroatoms. The van der Waals surface area contributed by atoms with Gasteiger partial charge in [0.05, 0.1) is 6.61 Å². The van der Waals surface area contributed by atoms with Crippen LogP contribution in [0, 0.1) is 0 Å². The van der Waals surface area contributed by atoms with Gasteiger partial charge in [0.15, 0.2) is 0 Å². The normalized spacial score (nSPS) is 16.5. The average Bonchev–Trinajstić information content (AvgIpc) is 2.35. The van der Waals surface area contributed by atoms with Crippen LogP contribution in [0.15, 0.2) is 0 Å². The molecular weight excluding hydrogens is 429 g/mol. The summed E-state index contributed by atoms with van der Waals surface area (Å²) in [6.07, 6.45) is -20.4. The molecule has 25 heavy (non-hydrogen) atoms. The van der Waals surface area contributed by atoms with E-state index in [4.69, 9.17) is 0 Å². The number of ether oxygens (including phenoxy) is 3. The van der Waals surface area contributed by atoms with Gasteiger partial charge in [-0.05, 0) is 12.2 Å². The first-order valence-corrected chi connectivity index (χ1v) is 6.76. The highest BCUT2D eigenvalue weighted by atomic mass is 32.2. The van der Waals surface area contributed by atoms with Crippen molar-refractivity contribution in [1.82, 2.24) is 0 Å². The molecule has 0 aromatic carbocycles. The van der Waals surface area contributed by atoms with Crippen molar-refractivity contribution in [1.29, 1.82) is 0 Å². The summed E-state index contributed by atoms with van der Waals surface area (Å²) in [5.41, 5.74) is 0. The molecule has 0 amide bonds. The van der Waals surface area contributed by atoms with Crippen molar-refractivity contribution in [2.75, 3.05) is 20.3 Å². The van der Waals surface area contributed by atoms with E-state index in [0.717, 1.165) is 7.11 Å². The summed E-state index contributed by atoms with van der Waals surface area (Å²) >= 11 is 2.57. The standard InChI is InChI=1S/C9H7F11O3S2/c1-21-2-3-22-4(24)25-9(20,7(15,16)17)23-8(18,19)5(10,11)6(12,13)14/h2-3H2,1H3. The third-order valence-electron chi connectivity index (χ3n) is 2.04. The van der Waals surface area contributed by atoms with Crippen LogP contribution >= 0.6 is 24.0 Å². The number of hydrogen-bond donors (Lipinski definition) is 0. The van der Waals surface area contributed by atoms with Crippen LogP contribution in [-0.4, -0.2) is 54.3 Å². The predicted octanol–water partition coefficient (Wildman–Crippen LogP) is 4.66. The van der Waals surface area contributed by atoms with Crippen LogP contribution in [-0.2, 0) is 14.2 Å². The molecule has 0 radical (unpaired) electrons. The monoisotopic (exact) mass is 436 g/mol. The lowest BCUT2D eigenvalue weighted by atomic mass is 10.3. The molecule has 3 nitrogen and oxygen atoms in total. The smallest absolute Gasteiger partial charge is 0.462 e. The summed E-state index contributed by atoms with van der Waals surface area (Å²) in [5, 5.41) is -5.75. The minimum Gasteiger partial charge on any atom is -0.476 e. The fourth-order valence-corrected chi connectivity index (χ4v) is 1.90. The van der Waals surface area contributed by atoms with Gasteiger partial charge < -0.3 is 9.47 Å². The first-order chi connectivity index (χ1) is 10.9. The summed E-state index contributed by atoms with van der Waals surface area (Å²) in [7, 11) is 1.11. The molecule has 0 rings (SSSR count). The maximum absolute atomic E-state index is 13.7. The van der Waals surface area contributed by atoms with E-state index in [9.17, 15) is 48.3 Å². The average molecular weight is 436 g/mol. The number of thiocarbonyl (C=S) groups is 1. The maximum Gasteiger partial charge on any atom is 0.462 e. The first kappa shape index (κ1) is 24.4. The zero-order chi connectivity index (χ0) is 20.3. The van der Waals surface area contributed by atoms with E-state index in [2.05, 4.69) is 26.4 Å². The summed E-state index contributed by atoms with van der Waals surface area (Å²) in [6.45, 7) is -0.888. The quantitative estimate of drug-likeness (QED) is 0.251. The van der Waals surface area contributed by atoms with Crippen LogP contribution in [0.25, 0.3) is 0 Å². The summed E-state index contributed by atoms with van der Waals surface area (Å²) in [6, 6.07) is 0. The second-order valence-electron chi connectivity index (χ2n) is 3.92. The summed E-state index contributed by atoms with van der Waals surface area (Å²) in [4.78, 5) is 0. The highest BCUT2D eigenvalue weighted by Gasteiger charge is 2.78. The second kappa shape index (κ2) is 7.96. The van der Waals surface area contributed by atoms with Crippen molar-refractivity contribution in [2.45, 2.75) is 29.6 Å². The Balaban J connectivity index is 5.52. The number of rotatable bonds is 7. The van der Waals surface area contributed by atoms with Gasteiger partial charge >= 0.3 is 29.6 Å². The van der Waals surface area contributed by atoms with E-state index in [1.54, 1.807) is 0 Å². The van der Waals surface area contributed by atoms with Gasteiger partial charge in [-0.1, -0.05) is 0 Å². The minimum atomic E-state index is -7.12. The first-order valence-electron chi connectivity index (χ1n) is 5.54. The van der Waals surface area contributed by atoms with Gasteiger partial charge in [0.25, 0.3) is 0 Å². The SMILES string of the molecule is COCCOC(=S)SC(F)(OC(F)(F)C(F)(F)C(F)(F)F)C(F)(F)F. The summed E-state index contributed by atoms with van der Waals surface area (Å²) < 4.78 is 147. The Hall–Kier alpha value is -0.610. The molecule has 0 saturated heterocycles. The number of alkyl halides is 11. The molecule has 0 spiro atoms. The van der Waals surface area contributed by atoms with Crippen molar-refractivity contribution in [3.8, 4) is 0 Å². The zero-order valence-electron chi connectivity index (χ0n) is 11.6. The molecule has 0 aromatic rings. The predicted molar refractivity (Wildman–Crippen MR) is 64.9 cm³/mol. The van der Waals surface area contributed by atoms with E-state index in [0.29, 0.717) is 0 Å². The van der Waals surface area contributed by atoms with Gasteiger partial charge in [0, 0.05) is 18.9 Å². The molecular formula is C9H7F11O3S2. The van der Waals surface area contributed by atoms with Gasteiger partial charge in [0.1, 0.15) is 6.61 Å². The van der Waals surface area contributed by atoms with Gasteiger partial charge in [0.2, 0.25) is 4.38 Å². The van der Waals surface area contributed by atoms with Gasteiger partial charge in [-0.3, -0.25) is 4.74 Å². The van der Waals surface area contributed by atoms with Crippen LogP contribution < -0.4 is 0 Å². The number of hydrogen-bond acceptors (Lipinski definition) is 5. The molecule has 1 unspecified atom stereocenters. The van der Waals surface area contributed by atoms with Crippen molar-refractivity contribution in [2.24, 2.45) is 0 Å². The Morgan fingerprint density at radius 3 is 1.68 bits per heavy atom. The van der Waals surface area contributed by atoms with Crippen molar-refractivity contribution in [3.63, 3.8) is 0 Å². The third-order valence-corrected chi connectivity index (χ3v) is 3.27. The van der Waals surface area contributed by atoms with Gasteiger partial charge in [-0.15, -0.1) is 0 Å². The highest BCUT2D eigenvalue weighted by Crippen LogP contribution is 2.54. The highest BCUT2D eigenvalue weighted by molar-refractivity contribution is 8.23. The van der Waals surface area contributed by atoms with E-state index in [-0.39, 0.29) is 6.61 Å². The van der Waals surface area contributed by atoms with Crippen molar-refractivity contribution < 1.29 is 62.5 Å². The fraction of sp³-hybridized carbons (Fsp3) is 0.889. The Kier molecular flexibility index (Phi) is 7.76. The molecule has 0 N–H and O–H groups in total. The fourth-order valence-electron chi connectivity index (χ4n) is 0.876. The second-order valence-corrected chi connectivity index (χ2v) is 5.65. The Morgan fingerprint density at radius 1 is 0.840 bits per heavy atom. The molecule has 0 aromatic heterocycles. The Labute approximate surface area is 141 Å². The molecule has 0 aliphatic heterocycles. The van der Waals surface area contributed by atoms with Crippen molar-refractivity contribution >= 4 is 28.4 Å².